The number of benzene rings is 8. The number of nitrogens with zero attached hydrogens (tertiary/aromatic N) is 4. The highest BCUT2D eigenvalue weighted by Gasteiger charge is 2.20. The molecule has 0 spiro atoms. The van der Waals surface area contributed by atoms with Gasteiger partial charge in [0, 0.05) is 38.4 Å². The molecule has 0 aliphatic heterocycles. The average molecular weight is 809 g/mol. The lowest BCUT2D eigenvalue weighted by Gasteiger charge is -2.13. The van der Waals surface area contributed by atoms with Crippen LogP contribution in [0.15, 0.2) is 223 Å². The molecule has 0 saturated carbocycles. The highest BCUT2D eigenvalue weighted by atomic mass is 16.3. The summed E-state index contributed by atoms with van der Waals surface area (Å²) in [6, 6.07) is 66.0. The maximum atomic E-state index is 6.57. The molecule has 0 aliphatic carbocycles. The number of rotatable bonds is 9. The second-order valence-corrected chi connectivity index (χ2v) is 15.7. The number of para-hydroxylation sites is 2. The van der Waals surface area contributed by atoms with Crippen molar-refractivity contribution in [3.63, 3.8) is 0 Å². The number of hydrogen-bond donors (Lipinski definition) is 0. The first-order valence-electron chi connectivity index (χ1n) is 21.1. The Morgan fingerprint density at radius 2 is 1.10 bits per heavy atom. The largest absolute Gasteiger partial charge is 0.456 e. The third-order valence-corrected chi connectivity index (χ3v) is 11.7. The van der Waals surface area contributed by atoms with Crippen molar-refractivity contribution in [3.8, 4) is 61.8 Å². The van der Waals surface area contributed by atoms with E-state index in [9.17, 15) is 0 Å². The van der Waals surface area contributed by atoms with Crippen LogP contribution in [0.3, 0.4) is 0 Å². The van der Waals surface area contributed by atoms with Crippen molar-refractivity contribution < 1.29 is 4.42 Å². The molecule has 3 aromatic heterocycles. The molecule has 0 aliphatic rings. The molecular formula is C58H40N4O. The zero-order valence-electron chi connectivity index (χ0n) is 34.6. The smallest absolute Gasteiger partial charge is 0.164 e. The van der Waals surface area contributed by atoms with Crippen LogP contribution in [0.4, 0.5) is 0 Å². The van der Waals surface area contributed by atoms with Gasteiger partial charge in [-0.3, -0.25) is 0 Å². The minimum atomic E-state index is 0.565. The van der Waals surface area contributed by atoms with E-state index in [0.717, 1.165) is 77.7 Å². The molecule has 63 heavy (non-hydrogen) atoms. The average Bonchev–Trinajstić information content (AvgIpc) is 3.90. The standard InChI is InChI=1S/C58H40N4O/c1-3-4-8-18-38(2)56-59-57(45-34-43(39-19-9-5-10-20-39)33-44(35-45)40-21-11-6-12-22-40)61-58(60-56)48-26-17-28-54-55(48)50-37-42(30-32-53(50)63-54)41-29-31-52-49(36-41)47-25-15-16-27-51(47)62(52)46-23-13-7-14-24-46/h3-37H,1H2,2H3/b8-4-,38-18+. The highest BCUT2D eigenvalue weighted by molar-refractivity contribution is 6.14. The quantitative estimate of drug-likeness (QED) is 0.136. The Labute approximate surface area is 365 Å². The fourth-order valence-corrected chi connectivity index (χ4v) is 8.71. The Morgan fingerprint density at radius 1 is 0.476 bits per heavy atom. The second-order valence-electron chi connectivity index (χ2n) is 15.7. The third kappa shape index (κ3) is 6.92. The van der Waals surface area contributed by atoms with Crippen LogP contribution < -0.4 is 0 Å². The minimum absolute atomic E-state index is 0.565. The van der Waals surface area contributed by atoms with Crippen LogP contribution >= 0.6 is 0 Å². The zero-order valence-corrected chi connectivity index (χ0v) is 34.6. The number of fused-ring (bicyclic) bond motifs is 6. The summed E-state index contributed by atoms with van der Waals surface area (Å²) in [7, 11) is 0. The van der Waals surface area contributed by atoms with Gasteiger partial charge in [-0.1, -0.05) is 152 Å². The molecular weight excluding hydrogens is 769 g/mol. The van der Waals surface area contributed by atoms with Gasteiger partial charge in [0.2, 0.25) is 0 Å². The number of furan rings is 1. The summed E-state index contributed by atoms with van der Waals surface area (Å²) >= 11 is 0. The first-order chi connectivity index (χ1) is 31.1. The van der Waals surface area contributed by atoms with Crippen molar-refractivity contribution in [1.29, 1.82) is 0 Å². The molecule has 5 nitrogen and oxygen atoms in total. The number of aromatic nitrogens is 4. The SMILES string of the molecule is C=C/C=C\C=C(/C)c1nc(-c2cc(-c3ccccc3)cc(-c3ccccc3)c2)nc(-c2cccc3oc4ccc(-c5ccc6c(c5)c5ccccc5n6-c5ccccc5)cc4c23)n1. The van der Waals surface area contributed by atoms with Crippen LogP contribution in [0.2, 0.25) is 0 Å². The molecule has 298 valence electrons. The summed E-state index contributed by atoms with van der Waals surface area (Å²) < 4.78 is 8.91. The van der Waals surface area contributed by atoms with Gasteiger partial charge in [0.25, 0.3) is 0 Å². The maximum absolute atomic E-state index is 6.57. The van der Waals surface area contributed by atoms with E-state index in [-0.39, 0.29) is 0 Å². The Balaban J connectivity index is 1.09. The van der Waals surface area contributed by atoms with Crippen LogP contribution in [-0.2, 0) is 0 Å². The Bertz CT molecular complexity index is 3520. The van der Waals surface area contributed by atoms with E-state index in [0.29, 0.717) is 17.5 Å². The second kappa shape index (κ2) is 15.9. The Kier molecular flexibility index (Phi) is 9.48. The van der Waals surface area contributed by atoms with Crippen molar-refractivity contribution in [3.05, 3.63) is 225 Å². The lowest BCUT2D eigenvalue weighted by atomic mass is 9.95. The molecule has 11 aromatic rings. The van der Waals surface area contributed by atoms with Crippen molar-refractivity contribution in [2.45, 2.75) is 6.92 Å². The molecule has 0 fully saturated rings. The van der Waals surface area contributed by atoms with Crippen LogP contribution in [0, 0.1) is 0 Å². The lowest BCUT2D eigenvalue weighted by molar-refractivity contribution is 0.669. The molecule has 0 N–H and O–H groups in total. The molecule has 0 amide bonds. The first-order valence-corrected chi connectivity index (χ1v) is 21.1. The Hall–Kier alpha value is -8.41. The first kappa shape index (κ1) is 37.6. The van der Waals surface area contributed by atoms with E-state index >= 15 is 0 Å². The normalized spacial score (nSPS) is 12.0. The molecule has 0 saturated heterocycles. The summed E-state index contributed by atoms with van der Waals surface area (Å²) in [5, 5.41) is 4.36. The summed E-state index contributed by atoms with van der Waals surface area (Å²) in [5.74, 6) is 1.73. The van der Waals surface area contributed by atoms with Gasteiger partial charge in [-0.2, -0.15) is 0 Å². The van der Waals surface area contributed by atoms with Crippen molar-refractivity contribution in [2.24, 2.45) is 0 Å². The van der Waals surface area contributed by atoms with Gasteiger partial charge in [0.1, 0.15) is 11.2 Å². The van der Waals surface area contributed by atoms with Gasteiger partial charge in [-0.15, -0.1) is 0 Å². The zero-order chi connectivity index (χ0) is 42.3. The van der Waals surface area contributed by atoms with Crippen LogP contribution in [0.5, 0.6) is 0 Å². The summed E-state index contributed by atoms with van der Waals surface area (Å²) in [6.07, 6.45) is 7.62. The van der Waals surface area contributed by atoms with E-state index < -0.39 is 0 Å². The fraction of sp³-hybridized carbons (Fsp3) is 0.0172. The van der Waals surface area contributed by atoms with Gasteiger partial charge in [-0.05, 0) is 113 Å². The molecule has 0 unspecified atom stereocenters. The monoisotopic (exact) mass is 808 g/mol. The molecule has 11 rings (SSSR count). The molecule has 0 atom stereocenters. The predicted octanol–water partition coefficient (Wildman–Crippen LogP) is 15.3. The van der Waals surface area contributed by atoms with Gasteiger partial charge < -0.3 is 8.98 Å². The van der Waals surface area contributed by atoms with E-state index in [1.54, 1.807) is 6.08 Å². The van der Waals surface area contributed by atoms with Crippen LogP contribution in [0.1, 0.15) is 12.7 Å². The molecule has 0 bridgehead atoms. The molecule has 8 aromatic carbocycles. The van der Waals surface area contributed by atoms with Crippen molar-refractivity contribution in [2.75, 3.05) is 0 Å². The molecule has 5 heteroatoms. The summed E-state index contributed by atoms with van der Waals surface area (Å²) in [4.78, 5) is 15.6. The molecule has 3 heterocycles. The lowest BCUT2D eigenvalue weighted by Crippen LogP contribution is -2.02. The fourth-order valence-electron chi connectivity index (χ4n) is 8.71. The highest BCUT2D eigenvalue weighted by Crippen LogP contribution is 2.41. The van der Waals surface area contributed by atoms with Crippen LogP contribution in [0.25, 0.3) is 111 Å². The van der Waals surface area contributed by atoms with Crippen molar-refractivity contribution >= 4 is 49.3 Å². The summed E-state index contributed by atoms with van der Waals surface area (Å²) in [5.41, 5.74) is 14.3. The number of allylic oxidation sites excluding steroid dienone is 5. The Morgan fingerprint density at radius 3 is 1.83 bits per heavy atom. The van der Waals surface area contributed by atoms with Crippen molar-refractivity contribution in [1.82, 2.24) is 19.5 Å². The number of hydrogen-bond acceptors (Lipinski definition) is 4. The van der Waals surface area contributed by atoms with Crippen LogP contribution in [-0.4, -0.2) is 19.5 Å². The minimum Gasteiger partial charge on any atom is -0.456 e. The predicted molar refractivity (Wildman–Crippen MR) is 262 cm³/mol. The molecule has 0 radical (unpaired) electrons. The van der Waals surface area contributed by atoms with E-state index in [2.05, 4.69) is 175 Å². The van der Waals surface area contributed by atoms with Gasteiger partial charge >= 0.3 is 0 Å². The van der Waals surface area contributed by atoms with Gasteiger partial charge in [0.05, 0.1) is 11.0 Å². The van der Waals surface area contributed by atoms with E-state index in [1.807, 2.05) is 49.4 Å². The summed E-state index contributed by atoms with van der Waals surface area (Å²) in [6.45, 7) is 5.88. The van der Waals surface area contributed by atoms with E-state index in [1.165, 1.54) is 21.8 Å². The third-order valence-electron chi connectivity index (χ3n) is 11.7. The van der Waals surface area contributed by atoms with E-state index in [4.69, 9.17) is 19.4 Å². The topological polar surface area (TPSA) is 56.7 Å². The van der Waals surface area contributed by atoms with Gasteiger partial charge in [0.15, 0.2) is 17.5 Å². The van der Waals surface area contributed by atoms with Gasteiger partial charge in [-0.25, -0.2) is 15.0 Å². The maximum Gasteiger partial charge on any atom is 0.164 e.